The van der Waals surface area contributed by atoms with Crippen LogP contribution in [0.15, 0.2) is 41.8 Å². The van der Waals surface area contributed by atoms with Gasteiger partial charge in [-0.2, -0.15) is 0 Å². The van der Waals surface area contributed by atoms with Gasteiger partial charge in [-0.1, -0.05) is 18.2 Å². The zero-order valence-electron chi connectivity index (χ0n) is 8.44. The van der Waals surface area contributed by atoms with Crippen LogP contribution in [0.1, 0.15) is 10.9 Å². The molecule has 1 atom stereocenters. The van der Waals surface area contributed by atoms with Crippen LogP contribution >= 0.6 is 11.3 Å². The van der Waals surface area contributed by atoms with E-state index in [-0.39, 0.29) is 11.9 Å². The van der Waals surface area contributed by atoms with Crippen LogP contribution in [0.25, 0.3) is 0 Å². The molecule has 0 spiro atoms. The molecule has 0 saturated heterocycles. The lowest BCUT2D eigenvalue weighted by molar-refractivity contribution is -0.117. The van der Waals surface area contributed by atoms with Gasteiger partial charge in [-0.25, -0.2) is 0 Å². The van der Waals surface area contributed by atoms with E-state index in [0.29, 0.717) is 0 Å². The number of benzene rings is 1. The first-order chi connectivity index (χ1) is 7.84. The lowest BCUT2D eigenvalue weighted by Crippen LogP contribution is -2.31. The number of hydrogen-bond acceptors (Lipinski definition) is 3. The maximum atomic E-state index is 11.9. The van der Waals surface area contributed by atoms with Gasteiger partial charge in [0.2, 0.25) is 0 Å². The summed E-state index contributed by atoms with van der Waals surface area (Å²) in [6.45, 7) is 0. The molecule has 80 valence electrons. The highest BCUT2D eigenvalue weighted by atomic mass is 32.1. The molecule has 16 heavy (non-hydrogen) atoms. The zero-order valence-corrected chi connectivity index (χ0v) is 9.25. The topological polar surface area (TPSA) is 41.1 Å². The molecular weight excluding hydrogens is 220 g/mol. The number of rotatable bonds is 1. The fourth-order valence-electron chi connectivity index (χ4n) is 1.80. The summed E-state index contributed by atoms with van der Waals surface area (Å²) in [6, 6.07) is 11.4. The first kappa shape index (κ1) is 9.42. The predicted molar refractivity (Wildman–Crippen MR) is 65.8 cm³/mol. The summed E-state index contributed by atoms with van der Waals surface area (Å²) < 4.78 is 0. The molecule has 1 aromatic carbocycles. The highest BCUT2D eigenvalue weighted by Gasteiger charge is 2.26. The number of carbonyl (C=O) groups excluding carboxylic acids is 1. The summed E-state index contributed by atoms with van der Waals surface area (Å²) in [6.07, 6.45) is 0. The van der Waals surface area contributed by atoms with Gasteiger partial charge >= 0.3 is 0 Å². The minimum atomic E-state index is -0.269. The van der Waals surface area contributed by atoms with Crippen molar-refractivity contribution >= 4 is 28.6 Å². The molecule has 2 N–H and O–H groups in total. The maximum absolute atomic E-state index is 11.9. The predicted octanol–water partition coefficient (Wildman–Crippen LogP) is 2.85. The number of para-hydroxylation sites is 2. The van der Waals surface area contributed by atoms with Crippen molar-refractivity contribution in [2.45, 2.75) is 6.04 Å². The van der Waals surface area contributed by atoms with E-state index in [2.05, 4.69) is 10.6 Å². The second kappa shape index (κ2) is 3.64. The zero-order chi connectivity index (χ0) is 11.0. The second-order valence-electron chi connectivity index (χ2n) is 3.63. The summed E-state index contributed by atoms with van der Waals surface area (Å²) in [5.41, 5.74) is 1.82. The second-order valence-corrected chi connectivity index (χ2v) is 4.61. The standard InChI is InChI=1S/C12H10N2OS/c15-12-11(10-6-3-7-16-10)13-8-4-1-2-5-9(8)14-12/h1-7,11,13H,(H,14,15). The molecule has 0 fully saturated rings. The summed E-state index contributed by atoms with van der Waals surface area (Å²) in [5.74, 6) is 0.00106. The third-order valence-electron chi connectivity index (χ3n) is 2.57. The van der Waals surface area contributed by atoms with E-state index in [9.17, 15) is 4.79 Å². The van der Waals surface area contributed by atoms with Gasteiger partial charge in [0.05, 0.1) is 11.4 Å². The van der Waals surface area contributed by atoms with E-state index in [1.807, 2.05) is 41.8 Å². The van der Waals surface area contributed by atoms with Crippen molar-refractivity contribution in [3.05, 3.63) is 46.7 Å². The maximum Gasteiger partial charge on any atom is 0.252 e. The molecule has 0 radical (unpaired) electrons. The molecule has 0 aliphatic carbocycles. The van der Waals surface area contributed by atoms with Crippen molar-refractivity contribution in [2.24, 2.45) is 0 Å². The van der Waals surface area contributed by atoms with Crippen LogP contribution in [0.5, 0.6) is 0 Å². The minimum absolute atomic E-state index is 0.00106. The number of thiophene rings is 1. The highest BCUT2D eigenvalue weighted by Crippen LogP contribution is 2.33. The van der Waals surface area contributed by atoms with Crippen molar-refractivity contribution in [1.82, 2.24) is 0 Å². The lowest BCUT2D eigenvalue weighted by atomic mass is 10.1. The van der Waals surface area contributed by atoms with Gasteiger partial charge in [0.1, 0.15) is 6.04 Å². The van der Waals surface area contributed by atoms with Crippen LogP contribution in [0.4, 0.5) is 11.4 Å². The number of nitrogens with one attached hydrogen (secondary N) is 2. The Hall–Kier alpha value is -1.81. The quantitative estimate of drug-likeness (QED) is 0.791. The van der Waals surface area contributed by atoms with Gasteiger partial charge in [0.15, 0.2) is 0 Å². The fourth-order valence-corrected chi connectivity index (χ4v) is 2.57. The van der Waals surface area contributed by atoms with E-state index in [1.54, 1.807) is 11.3 Å². The summed E-state index contributed by atoms with van der Waals surface area (Å²) in [4.78, 5) is 12.9. The molecule has 0 bridgehead atoms. The molecule has 1 amide bonds. The van der Waals surface area contributed by atoms with Crippen LogP contribution in [0, 0.1) is 0 Å². The van der Waals surface area contributed by atoms with Gasteiger partial charge < -0.3 is 10.6 Å². The van der Waals surface area contributed by atoms with Crippen molar-refractivity contribution in [3.63, 3.8) is 0 Å². The van der Waals surface area contributed by atoms with Crippen LogP contribution < -0.4 is 10.6 Å². The van der Waals surface area contributed by atoms with E-state index in [1.165, 1.54) is 0 Å². The molecule has 3 rings (SSSR count). The van der Waals surface area contributed by atoms with E-state index >= 15 is 0 Å². The number of hydrogen-bond donors (Lipinski definition) is 2. The number of amides is 1. The van der Waals surface area contributed by atoms with Gasteiger partial charge in [-0.05, 0) is 23.6 Å². The number of anilines is 2. The first-order valence-electron chi connectivity index (χ1n) is 5.04. The molecule has 2 aromatic rings. The first-order valence-corrected chi connectivity index (χ1v) is 5.92. The average Bonchev–Trinajstić information content (AvgIpc) is 2.81. The molecule has 1 aromatic heterocycles. The van der Waals surface area contributed by atoms with Crippen molar-refractivity contribution in [3.8, 4) is 0 Å². The number of fused-ring (bicyclic) bond motifs is 1. The van der Waals surface area contributed by atoms with Crippen molar-refractivity contribution < 1.29 is 4.79 Å². The normalized spacial score (nSPS) is 18.5. The SMILES string of the molecule is O=C1Nc2ccccc2NC1c1cccs1. The summed E-state index contributed by atoms with van der Waals surface area (Å²) in [7, 11) is 0. The Morgan fingerprint density at radius 1 is 1.06 bits per heavy atom. The summed E-state index contributed by atoms with van der Waals surface area (Å²) >= 11 is 1.58. The van der Waals surface area contributed by atoms with Crippen molar-refractivity contribution in [1.29, 1.82) is 0 Å². The monoisotopic (exact) mass is 230 g/mol. The number of carbonyl (C=O) groups is 1. The van der Waals surface area contributed by atoms with Gasteiger partial charge in [-0.15, -0.1) is 11.3 Å². The smallest absolute Gasteiger partial charge is 0.252 e. The van der Waals surface area contributed by atoms with E-state index < -0.39 is 0 Å². The lowest BCUT2D eigenvalue weighted by Gasteiger charge is -2.25. The third-order valence-corrected chi connectivity index (χ3v) is 3.51. The molecule has 1 aliphatic heterocycles. The van der Waals surface area contributed by atoms with Gasteiger partial charge in [0.25, 0.3) is 5.91 Å². The molecule has 2 heterocycles. The van der Waals surface area contributed by atoms with Crippen LogP contribution in [-0.2, 0) is 4.79 Å². The Kier molecular flexibility index (Phi) is 2.15. The molecule has 0 saturated carbocycles. The Morgan fingerprint density at radius 2 is 1.88 bits per heavy atom. The van der Waals surface area contributed by atoms with Crippen LogP contribution in [-0.4, -0.2) is 5.91 Å². The van der Waals surface area contributed by atoms with E-state index in [0.717, 1.165) is 16.3 Å². The molecule has 3 nitrogen and oxygen atoms in total. The Morgan fingerprint density at radius 3 is 2.62 bits per heavy atom. The van der Waals surface area contributed by atoms with Crippen molar-refractivity contribution in [2.75, 3.05) is 10.6 Å². The Labute approximate surface area is 97.1 Å². The highest BCUT2D eigenvalue weighted by molar-refractivity contribution is 7.10. The van der Waals surface area contributed by atoms with Crippen LogP contribution in [0.3, 0.4) is 0 Å². The minimum Gasteiger partial charge on any atom is -0.368 e. The molecule has 1 unspecified atom stereocenters. The molecular formula is C12H10N2OS. The average molecular weight is 230 g/mol. The summed E-state index contributed by atoms with van der Waals surface area (Å²) in [5, 5.41) is 8.13. The largest absolute Gasteiger partial charge is 0.368 e. The van der Waals surface area contributed by atoms with Gasteiger partial charge in [-0.3, -0.25) is 4.79 Å². The fraction of sp³-hybridized carbons (Fsp3) is 0.0833. The molecule has 1 aliphatic rings. The Balaban J connectivity index is 1.98. The Bertz CT molecular complexity index is 522. The van der Waals surface area contributed by atoms with E-state index in [4.69, 9.17) is 0 Å². The third kappa shape index (κ3) is 1.47. The molecule has 4 heteroatoms. The van der Waals surface area contributed by atoms with Gasteiger partial charge in [0, 0.05) is 4.88 Å². The van der Waals surface area contributed by atoms with Crippen LogP contribution in [0.2, 0.25) is 0 Å².